The lowest BCUT2D eigenvalue weighted by molar-refractivity contribution is 0.0939. The molecule has 2 heterocycles. The Labute approximate surface area is 162 Å². The molecule has 0 bridgehead atoms. The van der Waals surface area contributed by atoms with Gasteiger partial charge in [-0.25, -0.2) is 0 Å². The van der Waals surface area contributed by atoms with Crippen molar-refractivity contribution in [2.45, 2.75) is 19.4 Å². The van der Waals surface area contributed by atoms with Crippen molar-refractivity contribution in [2.24, 2.45) is 0 Å². The van der Waals surface area contributed by atoms with Crippen molar-refractivity contribution in [2.75, 3.05) is 0 Å². The molecular formula is C22H19N3O3. The highest BCUT2D eigenvalue weighted by Crippen LogP contribution is 2.23. The molecule has 0 fully saturated rings. The molecule has 6 heteroatoms. The smallest absolute Gasteiger partial charge is 0.258 e. The van der Waals surface area contributed by atoms with Gasteiger partial charge in [0.15, 0.2) is 0 Å². The van der Waals surface area contributed by atoms with Crippen molar-refractivity contribution < 1.29 is 13.7 Å². The minimum Gasteiger partial charge on any atom is -0.469 e. The Hall–Kier alpha value is -3.67. The van der Waals surface area contributed by atoms with Crippen molar-refractivity contribution in [3.63, 3.8) is 0 Å². The number of furan rings is 1. The van der Waals surface area contributed by atoms with E-state index in [0.29, 0.717) is 29.3 Å². The van der Waals surface area contributed by atoms with Crippen LogP contribution in [-0.4, -0.2) is 22.1 Å². The van der Waals surface area contributed by atoms with Crippen molar-refractivity contribution in [1.29, 1.82) is 0 Å². The number of nitrogens with one attached hydrogen (secondary N) is 1. The van der Waals surface area contributed by atoms with Gasteiger partial charge in [0.2, 0.25) is 5.82 Å². The number of hydrogen-bond acceptors (Lipinski definition) is 5. The fourth-order valence-corrected chi connectivity index (χ4v) is 2.93. The molecule has 0 aliphatic heterocycles. The van der Waals surface area contributed by atoms with Crippen LogP contribution in [0.3, 0.4) is 0 Å². The monoisotopic (exact) mass is 373 g/mol. The number of hydrogen-bond donors (Lipinski definition) is 1. The van der Waals surface area contributed by atoms with E-state index in [0.717, 1.165) is 11.3 Å². The summed E-state index contributed by atoms with van der Waals surface area (Å²) in [5, 5.41) is 7.01. The van der Waals surface area contributed by atoms with Crippen LogP contribution in [0.2, 0.25) is 0 Å². The first-order chi connectivity index (χ1) is 13.7. The first-order valence-electron chi connectivity index (χ1n) is 9.02. The molecule has 1 amide bonds. The maximum Gasteiger partial charge on any atom is 0.258 e. The van der Waals surface area contributed by atoms with E-state index in [2.05, 4.69) is 15.5 Å². The van der Waals surface area contributed by atoms with Crippen LogP contribution in [0, 0.1) is 0 Å². The van der Waals surface area contributed by atoms with E-state index < -0.39 is 0 Å². The predicted octanol–water partition coefficient (Wildman–Crippen LogP) is 4.36. The molecule has 0 aliphatic rings. The maximum atomic E-state index is 12.6. The second kappa shape index (κ2) is 7.92. The van der Waals surface area contributed by atoms with E-state index in [9.17, 15) is 4.79 Å². The summed E-state index contributed by atoms with van der Waals surface area (Å²) in [6.45, 7) is 1.94. The Morgan fingerprint density at radius 1 is 1.04 bits per heavy atom. The van der Waals surface area contributed by atoms with Gasteiger partial charge in [0.05, 0.1) is 6.26 Å². The Morgan fingerprint density at radius 2 is 1.86 bits per heavy atom. The molecule has 0 aliphatic carbocycles. The molecule has 28 heavy (non-hydrogen) atoms. The van der Waals surface area contributed by atoms with Gasteiger partial charge in [-0.15, -0.1) is 0 Å². The van der Waals surface area contributed by atoms with E-state index in [-0.39, 0.29) is 11.9 Å². The molecule has 0 radical (unpaired) electrons. The van der Waals surface area contributed by atoms with Crippen LogP contribution >= 0.6 is 0 Å². The van der Waals surface area contributed by atoms with E-state index in [1.165, 1.54) is 0 Å². The van der Waals surface area contributed by atoms with Crippen LogP contribution in [0.1, 0.15) is 23.0 Å². The number of benzene rings is 2. The van der Waals surface area contributed by atoms with Crippen LogP contribution in [0.4, 0.5) is 0 Å². The molecule has 6 nitrogen and oxygen atoms in total. The largest absolute Gasteiger partial charge is 0.469 e. The fourth-order valence-electron chi connectivity index (χ4n) is 2.93. The molecule has 0 unspecified atom stereocenters. The van der Waals surface area contributed by atoms with Crippen molar-refractivity contribution in [3.05, 3.63) is 84.3 Å². The number of nitrogens with zero attached hydrogens (tertiary/aromatic N) is 2. The predicted molar refractivity (Wildman–Crippen MR) is 105 cm³/mol. The molecule has 2 aromatic heterocycles. The standard InChI is InChI=1S/C22H19N3O3/c1-15(13-19-11-6-12-27-19)23-21(26)17-9-5-10-18(14-17)22-24-20(25-28-22)16-7-3-2-4-8-16/h2-12,14-15H,13H2,1H3,(H,23,26)/t15-/m1/s1. The van der Waals surface area contributed by atoms with E-state index in [4.69, 9.17) is 8.94 Å². The second-order valence-corrected chi connectivity index (χ2v) is 6.53. The Balaban J connectivity index is 1.48. The number of rotatable bonds is 6. The van der Waals surface area contributed by atoms with Gasteiger partial charge in [0, 0.05) is 29.2 Å². The summed E-state index contributed by atoms with van der Waals surface area (Å²) >= 11 is 0. The third kappa shape index (κ3) is 4.01. The highest BCUT2D eigenvalue weighted by Gasteiger charge is 2.15. The summed E-state index contributed by atoms with van der Waals surface area (Å²) in [5.74, 6) is 1.55. The van der Waals surface area contributed by atoms with Gasteiger partial charge < -0.3 is 14.3 Å². The van der Waals surface area contributed by atoms with Crippen LogP contribution < -0.4 is 5.32 Å². The lowest BCUT2D eigenvalue weighted by atomic mass is 10.1. The van der Waals surface area contributed by atoms with Crippen molar-refractivity contribution in [1.82, 2.24) is 15.5 Å². The fraction of sp³-hybridized carbons (Fsp3) is 0.136. The quantitative estimate of drug-likeness (QED) is 0.543. The molecule has 0 saturated heterocycles. The van der Waals surface area contributed by atoms with Crippen LogP contribution in [-0.2, 0) is 6.42 Å². The third-order valence-electron chi connectivity index (χ3n) is 4.29. The van der Waals surface area contributed by atoms with Crippen molar-refractivity contribution >= 4 is 5.91 Å². The number of aromatic nitrogens is 2. The topological polar surface area (TPSA) is 81.2 Å². The normalized spacial score (nSPS) is 11.9. The highest BCUT2D eigenvalue weighted by atomic mass is 16.5. The SMILES string of the molecule is C[C@H](Cc1ccco1)NC(=O)c1cccc(-c2nc(-c3ccccc3)no2)c1. The molecule has 140 valence electrons. The minimum absolute atomic E-state index is 0.0598. The first kappa shape index (κ1) is 17.7. The molecule has 1 atom stereocenters. The summed E-state index contributed by atoms with van der Waals surface area (Å²) in [7, 11) is 0. The van der Waals surface area contributed by atoms with Crippen molar-refractivity contribution in [3.8, 4) is 22.8 Å². The molecule has 1 N–H and O–H groups in total. The van der Waals surface area contributed by atoms with Gasteiger partial charge in [-0.1, -0.05) is 41.6 Å². The molecule has 0 saturated carbocycles. The minimum atomic E-state index is -0.163. The zero-order chi connectivity index (χ0) is 19.3. The van der Waals surface area contributed by atoms with Gasteiger partial charge >= 0.3 is 0 Å². The van der Waals surface area contributed by atoms with Crippen LogP contribution in [0.15, 0.2) is 81.9 Å². The number of carbonyl (C=O) groups excluding carboxylic acids is 1. The van der Waals surface area contributed by atoms with E-state index >= 15 is 0 Å². The zero-order valence-corrected chi connectivity index (χ0v) is 15.3. The Kier molecular flexibility index (Phi) is 5.01. The third-order valence-corrected chi connectivity index (χ3v) is 4.29. The van der Waals surface area contributed by atoms with E-state index in [1.54, 1.807) is 24.5 Å². The molecule has 2 aromatic carbocycles. The van der Waals surface area contributed by atoms with Crippen LogP contribution in [0.25, 0.3) is 22.8 Å². The van der Waals surface area contributed by atoms with Gasteiger partial charge in [-0.05, 0) is 37.3 Å². The Bertz CT molecular complexity index is 1060. The van der Waals surface area contributed by atoms with E-state index in [1.807, 2.05) is 55.5 Å². The average Bonchev–Trinajstić information content (AvgIpc) is 3.41. The number of carbonyl (C=O) groups is 1. The first-order valence-corrected chi connectivity index (χ1v) is 9.02. The van der Waals surface area contributed by atoms with Gasteiger partial charge in [-0.3, -0.25) is 4.79 Å². The average molecular weight is 373 g/mol. The van der Waals surface area contributed by atoms with Gasteiger partial charge in [-0.2, -0.15) is 4.98 Å². The van der Waals surface area contributed by atoms with Crippen LogP contribution in [0.5, 0.6) is 0 Å². The summed E-state index contributed by atoms with van der Waals surface area (Å²) in [5.41, 5.74) is 2.10. The summed E-state index contributed by atoms with van der Waals surface area (Å²) in [6, 6.07) is 20.4. The number of amides is 1. The summed E-state index contributed by atoms with van der Waals surface area (Å²) in [6.07, 6.45) is 2.25. The zero-order valence-electron chi connectivity index (χ0n) is 15.3. The molecular weight excluding hydrogens is 354 g/mol. The summed E-state index contributed by atoms with van der Waals surface area (Å²) in [4.78, 5) is 17.0. The lowest BCUT2D eigenvalue weighted by Gasteiger charge is -2.12. The maximum absolute atomic E-state index is 12.6. The Morgan fingerprint density at radius 3 is 2.64 bits per heavy atom. The molecule has 4 rings (SSSR count). The lowest BCUT2D eigenvalue weighted by Crippen LogP contribution is -2.33. The molecule has 4 aromatic rings. The summed E-state index contributed by atoms with van der Waals surface area (Å²) < 4.78 is 10.7. The van der Waals surface area contributed by atoms with Gasteiger partial charge in [0.1, 0.15) is 5.76 Å². The second-order valence-electron chi connectivity index (χ2n) is 6.53. The highest BCUT2D eigenvalue weighted by molar-refractivity contribution is 5.95. The van der Waals surface area contributed by atoms with Gasteiger partial charge in [0.25, 0.3) is 11.8 Å². The molecule has 0 spiro atoms.